The second kappa shape index (κ2) is 9.76. The number of fused-ring (bicyclic) bond motifs is 1. The zero-order valence-electron chi connectivity index (χ0n) is 17.6. The van der Waals surface area contributed by atoms with E-state index >= 15 is 0 Å². The van der Waals surface area contributed by atoms with Gasteiger partial charge in [0.05, 0.1) is 12.5 Å². The quantitative estimate of drug-likeness (QED) is 0.417. The van der Waals surface area contributed by atoms with E-state index in [4.69, 9.17) is 5.11 Å². The molecule has 1 amide bonds. The van der Waals surface area contributed by atoms with Crippen LogP contribution in [0.25, 0.3) is 10.1 Å². The van der Waals surface area contributed by atoms with Crippen molar-refractivity contribution >= 4 is 39.0 Å². The highest BCUT2D eigenvalue weighted by Gasteiger charge is 2.20. The van der Waals surface area contributed by atoms with Crippen molar-refractivity contribution in [3.63, 3.8) is 0 Å². The minimum Gasteiger partial charge on any atom is -0.481 e. The molecule has 0 bridgehead atoms. The predicted octanol–water partition coefficient (Wildman–Crippen LogP) is 5.61. The standard InChI is InChI=1S/C24H28N2O3S/c1-15(2)14-20(23-16(3)19-6-4-5-7-21(19)30-23)26-18-10-8-17(9-11-18)24(29)25-13-12-22(27)28/h4-11,15,20,26H,12-14H2,1-3H3,(H,25,29)(H,27,28). The largest absolute Gasteiger partial charge is 0.481 e. The Kier molecular flexibility index (Phi) is 7.11. The van der Waals surface area contributed by atoms with E-state index in [1.54, 1.807) is 12.1 Å². The van der Waals surface area contributed by atoms with Gasteiger partial charge in [-0.15, -0.1) is 11.3 Å². The molecule has 3 aromatic rings. The third kappa shape index (κ3) is 5.39. The molecule has 0 aliphatic carbocycles. The Morgan fingerprint density at radius 1 is 1.07 bits per heavy atom. The van der Waals surface area contributed by atoms with Gasteiger partial charge in [-0.3, -0.25) is 9.59 Å². The van der Waals surface area contributed by atoms with Gasteiger partial charge >= 0.3 is 5.97 Å². The van der Waals surface area contributed by atoms with Gasteiger partial charge in [-0.25, -0.2) is 0 Å². The van der Waals surface area contributed by atoms with E-state index in [1.165, 1.54) is 20.5 Å². The Hall–Kier alpha value is -2.86. The third-order valence-corrected chi connectivity index (χ3v) is 6.40. The third-order valence-electron chi connectivity index (χ3n) is 5.02. The Bertz CT molecular complexity index is 1020. The molecular formula is C24H28N2O3S. The number of thiophene rings is 1. The van der Waals surface area contributed by atoms with Gasteiger partial charge in [0.15, 0.2) is 0 Å². The molecule has 5 nitrogen and oxygen atoms in total. The molecule has 0 saturated carbocycles. The van der Waals surface area contributed by atoms with Gasteiger partial charge in [-0.2, -0.15) is 0 Å². The van der Waals surface area contributed by atoms with Crippen LogP contribution in [-0.2, 0) is 4.79 Å². The van der Waals surface area contributed by atoms with E-state index in [2.05, 4.69) is 55.7 Å². The van der Waals surface area contributed by atoms with Crippen LogP contribution in [0.1, 0.15) is 53.5 Å². The normalized spacial score (nSPS) is 12.1. The Morgan fingerprint density at radius 2 is 1.77 bits per heavy atom. The van der Waals surface area contributed by atoms with Gasteiger partial charge in [0, 0.05) is 27.4 Å². The van der Waals surface area contributed by atoms with Crippen LogP contribution in [0.2, 0.25) is 0 Å². The molecule has 0 spiro atoms. The zero-order valence-corrected chi connectivity index (χ0v) is 18.4. The molecule has 1 heterocycles. The fourth-order valence-electron chi connectivity index (χ4n) is 3.53. The van der Waals surface area contributed by atoms with Gasteiger partial charge in [0.1, 0.15) is 0 Å². The Balaban J connectivity index is 1.76. The molecule has 0 saturated heterocycles. The number of carbonyl (C=O) groups is 2. The van der Waals surface area contributed by atoms with Crippen molar-refractivity contribution in [3.05, 3.63) is 64.5 Å². The molecule has 1 atom stereocenters. The van der Waals surface area contributed by atoms with Crippen LogP contribution in [-0.4, -0.2) is 23.5 Å². The van der Waals surface area contributed by atoms with E-state index in [0.717, 1.165) is 12.1 Å². The number of aliphatic carboxylic acids is 1. The molecule has 3 rings (SSSR count). The fourth-order valence-corrected chi connectivity index (χ4v) is 4.81. The number of anilines is 1. The molecule has 3 N–H and O–H groups in total. The summed E-state index contributed by atoms with van der Waals surface area (Å²) in [5.41, 5.74) is 2.80. The number of hydrogen-bond donors (Lipinski definition) is 3. The number of aryl methyl sites for hydroxylation is 1. The molecule has 158 valence electrons. The SMILES string of the molecule is Cc1c(C(CC(C)C)Nc2ccc(C(=O)NCCC(=O)O)cc2)sc2ccccc12. The first-order chi connectivity index (χ1) is 14.3. The molecular weight excluding hydrogens is 396 g/mol. The van der Waals surface area contributed by atoms with Crippen LogP contribution < -0.4 is 10.6 Å². The molecule has 6 heteroatoms. The summed E-state index contributed by atoms with van der Waals surface area (Å²) in [6, 6.07) is 16.0. The van der Waals surface area contributed by atoms with E-state index < -0.39 is 5.97 Å². The van der Waals surface area contributed by atoms with Crippen molar-refractivity contribution < 1.29 is 14.7 Å². The monoisotopic (exact) mass is 424 g/mol. The molecule has 1 aromatic heterocycles. The van der Waals surface area contributed by atoms with Crippen molar-refractivity contribution in [3.8, 4) is 0 Å². The lowest BCUT2D eigenvalue weighted by molar-refractivity contribution is -0.136. The van der Waals surface area contributed by atoms with E-state index in [9.17, 15) is 9.59 Å². The first kappa shape index (κ1) is 21.8. The van der Waals surface area contributed by atoms with Crippen molar-refractivity contribution in [2.75, 3.05) is 11.9 Å². The zero-order chi connectivity index (χ0) is 21.7. The maximum Gasteiger partial charge on any atom is 0.305 e. The molecule has 1 unspecified atom stereocenters. The number of amides is 1. The number of hydrogen-bond acceptors (Lipinski definition) is 4. The minimum absolute atomic E-state index is 0.0865. The average Bonchev–Trinajstić information content (AvgIpc) is 3.04. The first-order valence-electron chi connectivity index (χ1n) is 10.2. The second-order valence-electron chi connectivity index (χ2n) is 7.89. The summed E-state index contributed by atoms with van der Waals surface area (Å²) in [5.74, 6) is -0.657. The van der Waals surface area contributed by atoms with Crippen molar-refractivity contribution in [1.82, 2.24) is 5.32 Å². The molecule has 0 aliphatic rings. The molecule has 30 heavy (non-hydrogen) atoms. The maximum atomic E-state index is 12.1. The lowest BCUT2D eigenvalue weighted by atomic mass is 9.99. The number of rotatable bonds is 9. The van der Waals surface area contributed by atoms with Gasteiger partial charge in [0.2, 0.25) is 0 Å². The smallest absolute Gasteiger partial charge is 0.305 e. The summed E-state index contributed by atoms with van der Waals surface area (Å²) in [5, 5.41) is 16.3. The highest BCUT2D eigenvalue weighted by molar-refractivity contribution is 7.19. The van der Waals surface area contributed by atoms with Gasteiger partial charge in [-0.1, -0.05) is 32.0 Å². The van der Waals surface area contributed by atoms with Crippen molar-refractivity contribution in [2.45, 2.75) is 39.7 Å². The van der Waals surface area contributed by atoms with Crippen LogP contribution in [0.15, 0.2) is 48.5 Å². The first-order valence-corrected chi connectivity index (χ1v) is 11.0. The van der Waals surface area contributed by atoms with E-state index in [-0.39, 0.29) is 24.9 Å². The molecule has 2 aromatic carbocycles. The maximum absolute atomic E-state index is 12.1. The van der Waals surface area contributed by atoms with E-state index in [1.807, 2.05) is 23.5 Å². The summed E-state index contributed by atoms with van der Waals surface area (Å²) in [4.78, 5) is 24.1. The Labute approximate surface area is 181 Å². The number of carboxylic acid groups (broad SMARTS) is 1. The lowest BCUT2D eigenvalue weighted by Crippen LogP contribution is -2.25. The summed E-state index contributed by atoms with van der Waals surface area (Å²) in [7, 11) is 0. The lowest BCUT2D eigenvalue weighted by Gasteiger charge is -2.22. The number of benzene rings is 2. The van der Waals surface area contributed by atoms with Gasteiger partial charge in [-0.05, 0) is 60.5 Å². The number of nitrogens with one attached hydrogen (secondary N) is 2. The van der Waals surface area contributed by atoms with Crippen molar-refractivity contribution in [2.24, 2.45) is 5.92 Å². The van der Waals surface area contributed by atoms with Crippen LogP contribution in [0, 0.1) is 12.8 Å². The summed E-state index contributed by atoms with van der Waals surface area (Å²) >= 11 is 1.84. The number of carboxylic acids is 1. The van der Waals surface area contributed by atoms with Crippen LogP contribution in [0.3, 0.4) is 0 Å². The molecule has 0 radical (unpaired) electrons. The van der Waals surface area contributed by atoms with E-state index in [0.29, 0.717) is 11.5 Å². The molecule has 0 aliphatic heterocycles. The topological polar surface area (TPSA) is 78.4 Å². The second-order valence-corrected chi connectivity index (χ2v) is 8.97. The fraction of sp³-hybridized carbons (Fsp3) is 0.333. The minimum atomic E-state index is -0.928. The summed E-state index contributed by atoms with van der Waals surface area (Å²) < 4.78 is 1.30. The summed E-state index contributed by atoms with van der Waals surface area (Å²) in [6.07, 6.45) is 0.919. The Morgan fingerprint density at radius 3 is 2.40 bits per heavy atom. The average molecular weight is 425 g/mol. The number of carbonyl (C=O) groups excluding carboxylic acids is 1. The highest BCUT2D eigenvalue weighted by Crippen LogP contribution is 2.38. The van der Waals surface area contributed by atoms with Crippen LogP contribution in [0.5, 0.6) is 0 Å². The van der Waals surface area contributed by atoms with Crippen molar-refractivity contribution in [1.29, 1.82) is 0 Å². The van der Waals surface area contributed by atoms with Crippen LogP contribution >= 0.6 is 11.3 Å². The van der Waals surface area contributed by atoms with Gasteiger partial charge < -0.3 is 15.7 Å². The summed E-state index contributed by atoms with van der Waals surface area (Å²) in [6.45, 7) is 6.76. The highest BCUT2D eigenvalue weighted by atomic mass is 32.1. The predicted molar refractivity (Wildman–Crippen MR) is 123 cm³/mol. The van der Waals surface area contributed by atoms with Gasteiger partial charge in [0.25, 0.3) is 5.91 Å². The molecule has 0 fully saturated rings. The van der Waals surface area contributed by atoms with Crippen LogP contribution in [0.4, 0.5) is 5.69 Å².